The molecular formula is C15H19N3O. The van der Waals surface area contributed by atoms with Crippen molar-refractivity contribution in [2.45, 2.75) is 32.9 Å². The molecule has 0 saturated carbocycles. The molecule has 0 unspecified atom stereocenters. The molecule has 0 aliphatic rings. The molecule has 0 atom stereocenters. The van der Waals surface area contributed by atoms with Crippen molar-refractivity contribution in [2.24, 2.45) is 0 Å². The Morgan fingerprint density at radius 2 is 2.05 bits per heavy atom. The van der Waals surface area contributed by atoms with E-state index >= 15 is 0 Å². The third kappa shape index (κ3) is 3.95. The van der Waals surface area contributed by atoms with Crippen molar-refractivity contribution in [1.29, 1.82) is 0 Å². The zero-order valence-electron chi connectivity index (χ0n) is 11.5. The molecule has 2 N–H and O–H groups in total. The van der Waals surface area contributed by atoms with E-state index in [1.54, 1.807) is 6.20 Å². The van der Waals surface area contributed by atoms with E-state index in [2.05, 4.69) is 15.6 Å². The van der Waals surface area contributed by atoms with Gasteiger partial charge in [0.15, 0.2) is 0 Å². The van der Waals surface area contributed by atoms with Gasteiger partial charge >= 0.3 is 6.03 Å². The van der Waals surface area contributed by atoms with Crippen molar-refractivity contribution in [3.8, 4) is 0 Å². The minimum absolute atomic E-state index is 0.154. The highest BCUT2D eigenvalue weighted by molar-refractivity contribution is 5.79. The molecule has 100 valence electrons. The smallest absolute Gasteiger partial charge is 0.315 e. The summed E-state index contributed by atoms with van der Waals surface area (Å²) in [6.07, 6.45) is 1.77. The normalized spacial score (nSPS) is 11.3. The summed E-state index contributed by atoms with van der Waals surface area (Å²) in [6.45, 7) is 6.36. The molecule has 2 aromatic rings. The van der Waals surface area contributed by atoms with Crippen LogP contribution in [0.1, 0.15) is 26.3 Å². The van der Waals surface area contributed by atoms with Crippen LogP contribution < -0.4 is 10.6 Å². The van der Waals surface area contributed by atoms with Crippen LogP contribution in [-0.4, -0.2) is 16.6 Å². The van der Waals surface area contributed by atoms with Crippen molar-refractivity contribution in [1.82, 2.24) is 15.6 Å². The van der Waals surface area contributed by atoms with Gasteiger partial charge in [-0.15, -0.1) is 0 Å². The molecule has 4 nitrogen and oxygen atoms in total. The quantitative estimate of drug-likeness (QED) is 0.869. The highest BCUT2D eigenvalue weighted by Gasteiger charge is 2.12. The minimum atomic E-state index is -0.225. The van der Waals surface area contributed by atoms with Gasteiger partial charge < -0.3 is 10.6 Å². The first kappa shape index (κ1) is 13.3. The Bertz CT molecular complexity index is 587. The standard InChI is InChI=1S/C15H19N3O/c1-15(2,3)18-14(19)17-10-11-6-7-13-12(9-11)5-4-8-16-13/h4-9H,10H2,1-3H3,(H2,17,18,19). The molecule has 0 bridgehead atoms. The zero-order valence-corrected chi connectivity index (χ0v) is 11.5. The Hall–Kier alpha value is -2.10. The Labute approximate surface area is 113 Å². The van der Waals surface area contributed by atoms with Crippen LogP contribution in [0.25, 0.3) is 10.9 Å². The van der Waals surface area contributed by atoms with Gasteiger partial charge in [0.1, 0.15) is 0 Å². The van der Waals surface area contributed by atoms with Crippen LogP contribution in [0, 0.1) is 0 Å². The van der Waals surface area contributed by atoms with Crippen molar-refractivity contribution in [3.05, 3.63) is 42.1 Å². The van der Waals surface area contributed by atoms with E-state index < -0.39 is 0 Å². The number of aromatic nitrogens is 1. The van der Waals surface area contributed by atoms with Crippen molar-refractivity contribution >= 4 is 16.9 Å². The largest absolute Gasteiger partial charge is 0.334 e. The number of nitrogens with zero attached hydrogens (tertiary/aromatic N) is 1. The number of hydrogen-bond acceptors (Lipinski definition) is 2. The number of amides is 2. The molecule has 0 aliphatic carbocycles. The summed E-state index contributed by atoms with van der Waals surface area (Å²) in [5.41, 5.74) is 1.80. The molecule has 0 saturated heterocycles. The van der Waals surface area contributed by atoms with E-state index in [0.29, 0.717) is 6.54 Å². The first-order valence-corrected chi connectivity index (χ1v) is 6.34. The number of pyridine rings is 1. The lowest BCUT2D eigenvalue weighted by Crippen LogP contribution is -2.46. The first-order chi connectivity index (χ1) is 8.94. The summed E-state index contributed by atoms with van der Waals surface area (Å²) >= 11 is 0. The van der Waals surface area contributed by atoms with Crippen LogP contribution in [-0.2, 0) is 6.54 Å². The zero-order chi connectivity index (χ0) is 13.9. The number of rotatable bonds is 2. The van der Waals surface area contributed by atoms with E-state index in [1.165, 1.54) is 0 Å². The molecule has 1 aromatic carbocycles. The molecule has 0 aliphatic heterocycles. The topological polar surface area (TPSA) is 54.0 Å². The molecule has 0 fully saturated rings. The maximum Gasteiger partial charge on any atom is 0.315 e. The molecular weight excluding hydrogens is 238 g/mol. The number of urea groups is 1. The molecule has 0 radical (unpaired) electrons. The van der Waals surface area contributed by atoms with Crippen molar-refractivity contribution in [3.63, 3.8) is 0 Å². The van der Waals surface area contributed by atoms with Crippen molar-refractivity contribution in [2.75, 3.05) is 0 Å². The highest BCUT2D eigenvalue weighted by Crippen LogP contribution is 2.13. The van der Waals surface area contributed by atoms with Gasteiger partial charge in [-0.3, -0.25) is 4.98 Å². The maximum absolute atomic E-state index is 11.7. The van der Waals surface area contributed by atoms with E-state index in [1.807, 2.05) is 51.1 Å². The summed E-state index contributed by atoms with van der Waals surface area (Å²) in [5.74, 6) is 0. The third-order valence-corrected chi connectivity index (χ3v) is 2.61. The Kier molecular flexibility index (Phi) is 3.69. The van der Waals surface area contributed by atoms with Gasteiger partial charge in [0, 0.05) is 23.7 Å². The molecule has 2 amide bonds. The number of carbonyl (C=O) groups excluding carboxylic acids is 1. The summed E-state index contributed by atoms with van der Waals surface area (Å²) < 4.78 is 0. The Balaban J connectivity index is 2.00. The van der Waals surface area contributed by atoms with Gasteiger partial charge in [-0.25, -0.2) is 4.79 Å². The molecule has 4 heteroatoms. The average Bonchev–Trinajstić information content (AvgIpc) is 2.34. The fraction of sp³-hybridized carbons (Fsp3) is 0.333. The Morgan fingerprint density at radius 3 is 2.79 bits per heavy atom. The van der Waals surface area contributed by atoms with Crippen molar-refractivity contribution < 1.29 is 4.79 Å². The van der Waals surface area contributed by atoms with Gasteiger partial charge in [-0.05, 0) is 44.5 Å². The van der Waals surface area contributed by atoms with Crippen LogP contribution in [0.15, 0.2) is 36.5 Å². The van der Waals surface area contributed by atoms with Crippen LogP contribution in [0.4, 0.5) is 4.79 Å². The van der Waals surface area contributed by atoms with Gasteiger partial charge in [0.25, 0.3) is 0 Å². The van der Waals surface area contributed by atoms with Crippen LogP contribution in [0.2, 0.25) is 0 Å². The number of carbonyl (C=O) groups is 1. The first-order valence-electron chi connectivity index (χ1n) is 6.34. The summed E-state index contributed by atoms with van der Waals surface area (Å²) in [5, 5.41) is 6.80. The SMILES string of the molecule is CC(C)(C)NC(=O)NCc1ccc2ncccc2c1. The van der Waals surface area contributed by atoms with E-state index in [4.69, 9.17) is 0 Å². The third-order valence-electron chi connectivity index (χ3n) is 2.61. The maximum atomic E-state index is 11.7. The molecule has 2 rings (SSSR count). The molecule has 1 aromatic heterocycles. The second-order valence-corrected chi connectivity index (χ2v) is 5.59. The van der Waals surface area contributed by atoms with E-state index in [0.717, 1.165) is 16.5 Å². The van der Waals surface area contributed by atoms with Crippen LogP contribution in [0.3, 0.4) is 0 Å². The predicted molar refractivity (Wildman–Crippen MR) is 76.9 cm³/mol. The molecule has 0 spiro atoms. The number of fused-ring (bicyclic) bond motifs is 1. The van der Waals surface area contributed by atoms with Gasteiger partial charge in [0.05, 0.1) is 5.52 Å². The number of hydrogen-bond donors (Lipinski definition) is 2. The van der Waals surface area contributed by atoms with E-state index in [-0.39, 0.29) is 11.6 Å². The Morgan fingerprint density at radius 1 is 1.26 bits per heavy atom. The van der Waals surface area contributed by atoms with E-state index in [9.17, 15) is 4.79 Å². The fourth-order valence-electron chi connectivity index (χ4n) is 1.80. The number of nitrogens with one attached hydrogen (secondary N) is 2. The summed E-state index contributed by atoms with van der Waals surface area (Å²) in [7, 11) is 0. The second kappa shape index (κ2) is 5.26. The molecule has 19 heavy (non-hydrogen) atoms. The van der Waals surface area contributed by atoms with Gasteiger partial charge in [-0.1, -0.05) is 12.1 Å². The summed E-state index contributed by atoms with van der Waals surface area (Å²) in [4.78, 5) is 15.9. The fourth-order valence-corrected chi connectivity index (χ4v) is 1.80. The number of benzene rings is 1. The minimum Gasteiger partial charge on any atom is -0.334 e. The molecule has 1 heterocycles. The van der Waals surface area contributed by atoms with Gasteiger partial charge in [-0.2, -0.15) is 0 Å². The highest BCUT2D eigenvalue weighted by atomic mass is 16.2. The second-order valence-electron chi connectivity index (χ2n) is 5.59. The average molecular weight is 257 g/mol. The lowest BCUT2D eigenvalue weighted by atomic mass is 10.1. The van der Waals surface area contributed by atoms with Gasteiger partial charge in [0.2, 0.25) is 0 Å². The van der Waals surface area contributed by atoms with Crippen LogP contribution in [0.5, 0.6) is 0 Å². The monoisotopic (exact) mass is 257 g/mol. The van der Waals surface area contributed by atoms with Crippen LogP contribution >= 0.6 is 0 Å². The lowest BCUT2D eigenvalue weighted by Gasteiger charge is -2.20. The lowest BCUT2D eigenvalue weighted by molar-refractivity contribution is 0.231. The predicted octanol–water partition coefficient (Wildman–Crippen LogP) is 2.83. The summed E-state index contributed by atoms with van der Waals surface area (Å²) in [6, 6.07) is 9.76.